The molecule has 0 saturated carbocycles. The van der Waals surface area contributed by atoms with Crippen LogP contribution >= 0.6 is 0 Å². The number of nitrogens with one attached hydrogen (secondary N) is 1. The predicted molar refractivity (Wildman–Crippen MR) is 106 cm³/mol. The number of nitrogens with zero attached hydrogens (tertiary/aromatic N) is 2. The summed E-state index contributed by atoms with van der Waals surface area (Å²) < 4.78 is 34.8. The fourth-order valence-corrected chi connectivity index (χ4v) is 4.10. The third-order valence-electron chi connectivity index (χ3n) is 5.87. The number of fused-ring (bicyclic) bond motifs is 2. The lowest BCUT2D eigenvalue weighted by Crippen LogP contribution is -2.49. The molecule has 1 aliphatic carbocycles. The molecule has 3 heterocycles. The summed E-state index contributed by atoms with van der Waals surface area (Å²) in [6.45, 7) is 3.41. The van der Waals surface area contributed by atoms with Gasteiger partial charge in [-0.3, -0.25) is 14.4 Å². The van der Waals surface area contributed by atoms with E-state index in [1.165, 1.54) is 28.7 Å². The number of ether oxygens (including phenoxy) is 1. The van der Waals surface area contributed by atoms with Crippen LogP contribution in [0.1, 0.15) is 47.5 Å². The number of aromatic hydroxyl groups is 1. The van der Waals surface area contributed by atoms with E-state index in [0.717, 1.165) is 6.08 Å². The van der Waals surface area contributed by atoms with Crippen molar-refractivity contribution in [2.45, 2.75) is 51.2 Å². The Bertz CT molecular complexity index is 1080. The van der Waals surface area contributed by atoms with Gasteiger partial charge in [-0.2, -0.15) is 0 Å². The molecule has 10 heteroatoms. The number of hydrogen-bond donors (Lipinski definition) is 2. The molecule has 2 amide bonds. The van der Waals surface area contributed by atoms with Crippen molar-refractivity contribution in [1.82, 2.24) is 14.8 Å². The van der Waals surface area contributed by atoms with Crippen molar-refractivity contribution in [3.05, 3.63) is 51.2 Å². The number of pyridine rings is 1. The van der Waals surface area contributed by atoms with Crippen molar-refractivity contribution < 1.29 is 28.2 Å². The Hall–Kier alpha value is -3.01. The summed E-state index contributed by atoms with van der Waals surface area (Å²) >= 11 is 0. The largest absolute Gasteiger partial charge is 0.503 e. The van der Waals surface area contributed by atoms with Crippen LogP contribution in [-0.2, 0) is 11.3 Å². The number of rotatable bonds is 4. The van der Waals surface area contributed by atoms with Crippen LogP contribution in [0.2, 0.25) is 0 Å². The Balaban J connectivity index is 1.57. The van der Waals surface area contributed by atoms with Crippen molar-refractivity contribution in [3.63, 3.8) is 0 Å². The van der Waals surface area contributed by atoms with Crippen LogP contribution in [0.25, 0.3) is 0 Å². The van der Waals surface area contributed by atoms with Crippen molar-refractivity contribution >= 4 is 11.8 Å². The van der Waals surface area contributed by atoms with Gasteiger partial charge in [0.25, 0.3) is 11.8 Å². The monoisotopic (exact) mass is 435 g/mol. The summed E-state index contributed by atoms with van der Waals surface area (Å²) in [7, 11) is 0. The second kappa shape index (κ2) is 7.60. The number of halogens is 2. The van der Waals surface area contributed by atoms with Crippen molar-refractivity contribution in [2.24, 2.45) is 0 Å². The molecule has 0 radical (unpaired) electrons. The molecule has 166 valence electrons. The molecule has 1 aromatic rings. The molecule has 2 aliphatic heterocycles. The number of amides is 2. The van der Waals surface area contributed by atoms with Gasteiger partial charge in [0.2, 0.25) is 5.43 Å². The highest BCUT2D eigenvalue weighted by atomic mass is 19.1. The summed E-state index contributed by atoms with van der Waals surface area (Å²) in [6.07, 6.45) is 3.47. The molecule has 4 rings (SSSR count). The maximum atomic E-state index is 14.0. The number of alkyl halides is 1. The lowest BCUT2D eigenvalue weighted by atomic mass is 9.95. The normalized spacial score (nSPS) is 27.4. The van der Waals surface area contributed by atoms with E-state index in [1.807, 2.05) is 6.92 Å². The van der Waals surface area contributed by atoms with E-state index in [1.54, 1.807) is 0 Å². The Labute approximate surface area is 176 Å². The molecule has 0 bridgehead atoms. The molecular weight excluding hydrogens is 412 g/mol. The summed E-state index contributed by atoms with van der Waals surface area (Å²) in [5, 5.41) is 12.8. The minimum atomic E-state index is -1.79. The zero-order chi connectivity index (χ0) is 22.5. The van der Waals surface area contributed by atoms with E-state index < -0.39 is 40.7 Å². The lowest BCUT2D eigenvalue weighted by molar-refractivity contribution is 0.00563. The van der Waals surface area contributed by atoms with Crippen molar-refractivity contribution in [1.29, 1.82) is 0 Å². The molecule has 1 saturated heterocycles. The number of hydrogen-bond acceptors (Lipinski definition) is 5. The van der Waals surface area contributed by atoms with Crippen molar-refractivity contribution in [3.8, 4) is 5.75 Å². The topological polar surface area (TPSA) is 101 Å². The van der Waals surface area contributed by atoms with Crippen molar-refractivity contribution in [2.75, 3.05) is 13.2 Å². The SMILES string of the molecule is CC[C@H]1COC2Cn3cc(C(=O)NCC4=CCC(C)(F)C=C4F)c(=O)c(O)c3C(=O)N21. The van der Waals surface area contributed by atoms with E-state index in [0.29, 0.717) is 13.0 Å². The Kier molecular flexibility index (Phi) is 5.20. The van der Waals surface area contributed by atoms with Gasteiger partial charge in [0, 0.05) is 24.7 Å². The van der Waals surface area contributed by atoms with Gasteiger partial charge in [0.15, 0.2) is 17.7 Å². The smallest absolute Gasteiger partial charge is 0.276 e. The lowest BCUT2D eigenvalue weighted by Gasteiger charge is -2.34. The number of carbonyl (C=O) groups excluding carboxylic acids is 2. The van der Waals surface area contributed by atoms with Crippen LogP contribution in [0.5, 0.6) is 5.75 Å². The fourth-order valence-electron chi connectivity index (χ4n) is 4.10. The zero-order valence-electron chi connectivity index (χ0n) is 17.2. The first-order valence-electron chi connectivity index (χ1n) is 10.1. The maximum absolute atomic E-state index is 14.0. The molecule has 0 spiro atoms. The minimum Gasteiger partial charge on any atom is -0.503 e. The molecule has 31 heavy (non-hydrogen) atoms. The van der Waals surface area contributed by atoms with Crippen LogP contribution in [0.4, 0.5) is 8.78 Å². The van der Waals surface area contributed by atoms with Gasteiger partial charge >= 0.3 is 0 Å². The minimum absolute atomic E-state index is 0.0351. The first kappa shape index (κ1) is 21.2. The van der Waals surface area contributed by atoms with Gasteiger partial charge in [-0.15, -0.1) is 0 Å². The van der Waals surface area contributed by atoms with Crippen LogP contribution in [0, 0.1) is 0 Å². The summed E-state index contributed by atoms with van der Waals surface area (Å²) in [4.78, 5) is 39.6. The van der Waals surface area contributed by atoms with E-state index in [9.17, 15) is 28.3 Å². The summed E-state index contributed by atoms with van der Waals surface area (Å²) in [6, 6.07) is -0.151. The first-order chi connectivity index (χ1) is 14.6. The number of aromatic nitrogens is 1. The highest BCUT2D eigenvalue weighted by Gasteiger charge is 2.43. The highest BCUT2D eigenvalue weighted by Crippen LogP contribution is 2.31. The Morgan fingerprint density at radius 3 is 2.84 bits per heavy atom. The van der Waals surface area contributed by atoms with Gasteiger partial charge < -0.3 is 24.6 Å². The third-order valence-corrected chi connectivity index (χ3v) is 5.87. The third kappa shape index (κ3) is 3.65. The van der Waals surface area contributed by atoms with E-state index in [2.05, 4.69) is 5.32 Å². The second-order valence-corrected chi connectivity index (χ2v) is 8.17. The highest BCUT2D eigenvalue weighted by molar-refractivity contribution is 5.99. The fraction of sp³-hybridized carbons (Fsp3) is 0.476. The van der Waals surface area contributed by atoms with Gasteiger partial charge in [0.05, 0.1) is 19.2 Å². The Morgan fingerprint density at radius 2 is 2.16 bits per heavy atom. The number of allylic oxidation sites excluding steroid dienone is 2. The molecule has 3 aliphatic rings. The molecule has 2 N–H and O–H groups in total. The van der Waals surface area contributed by atoms with E-state index in [4.69, 9.17) is 4.74 Å². The molecule has 8 nitrogen and oxygen atoms in total. The van der Waals surface area contributed by atoms with Gasteiger partial charge in [-0.05, 0) is 19.4 Å². The second-order valence-electron chi connectivity index (χ2n) is 8.17. The van der Waals surface area contributed by atoms with Crippen LogP contribution in [0.3, 0.4) is 0 Å². The first-order valence-corrected chi connectivity index (χ1v) is 10.1. The molecule has 2 unspecified atom stereocenters. The summed E-state index contributed by atoms with van der Waals surface area (Å²) in [5.74, 6) is -2.97. The average molecular weight is 435 g/mol. The van der Waals surface area contributed by atoms with E-state index >= 15 is 0 Å². The summed E-state index contributed by atoms with van der Waals surface area (Å²) in [5.41, 5.74) is -3.26. The van der Waals surface area contributed by atoms with E-state index in [-0.39, 0.29) is 42.4 Å². The van der Waals surface area contributed by atoms with Gasteiger partial charge in [-0.25, -0.2) is 8.78 Å². The molecule has 0 aromatic carbocycles. The zero-order valence-corrected chi connectivity index (χ0v) is 17.2. The molecule has 1 fully saturated rings. The average Bonchev–Trinajstić information content (AvgIpc) is 3.12. The molecule has 3 atom stereocenters. The van der Waals surface area contributed by atoms with Crippen LogP contribution in [0.15, 0.2) is 34.5 Å². The van der Waals surface area contributed by atoms with Crippen LogP contribution < -0.4 is 10.7 Å². The Morgan fingerprint density at radius 1 is 1.42 bits per heavy atom. The maximum Gasteiger partial charge on any atom is 0.276 e. The standard InChI is InChI=1S/C21H23F2N3O5/c1-3-12-10-31-15-9-25-8-13(17(27)18(28)16(25)20(30)26(12)15)19(29)24-7-11-4-5-21(2,23)6-14(11)22/h4,6,8,12,15,28H,3,5,7,9-10H2,1-2H3,(H,24,29)/t12-,15?,21?/m0/s1. The molecular formula is C21H23F2N3O5. The quantitative estimate of drug-likeness (QED) is 0.751. The molecule has 1 aromatic heterocycles. The van der Waals surface area contributed by atoms with Gasteiger partial charge in [-0.1, -0.05) is 13.0 Å². The number of carbonyl (C=O) groups is 2. The predicted octanol–water partition coefficient (Wildman–Crippen LogP) is 1.79. The van der Waals surface area contributed by atoms with Gasteiger partial charge in [0.1, 0.15) is 17.1 Å². The van der Waals surface area contributed by atoms with Crippen LogP contribution in [-0.4, -0.2) is 57.5 Å².